The Hall–Kier alpha value is -1.90. The van der Waals surface area contributed by atoms with Gasteiger partial charge in [0.2, 0.25) is 5.90 Å². The van der Waals surface area contributed by atoms with Crippen LogP contribution in [-0.2, 0) is 9.53 Å². The van der Waals surface area contributed by atoms with Crippen molar-refractivity contribution in [3.8, 4) is 0 Å². The lowest BCUT2D eigenvalue weighted by molar-refractivity contribution is -0.129. The summed E-state index contributed by atoms with van der Waals surface area (Å²) < 4.78 is 5.12. The van der Waals surface area contributed by atoms with Crippen LogP contribution in [0.4, 0.5) is 5.69 Å². The van der Waals surface area contributed by atoms with Crippen molar-refractivity contribution < 1.29 is 9.53 Å². The van der Waals surface area contributed by atoms with Crippen molar-refractivity contribution in [2.24, 2.45) is 4.99 Å². The van der Waals surface area contributed by atoms with Crippen LogP contribution >= 0.6 is 0 Å². The van der Waals surface area contributed by atoms with Gasteiger partial charge in [-0.1, -0.05) is 31.0 Å². The zero-order valence-electron chi connectivity index (χ0n) is 10.8. The maximum atomic E-state index is 11.3. The second-order valence-electron chi connectivity index (χ2n) is 4.45. The Balaban J connectivity index is 2.18. The minimum atomic E-state index is -0.313. The first kappa shape index (κ1) is 12.6. The second-order valence-corrected chi connectivity index (χ2v) is 4.45. The lowest BCUT2D eigenvalue weighted by atomic mass is 10.1. The van der Waals surface area contributed by atoms with Gasteiger partial charge in [-0.2, -0.15) is 0 Å². The first-order valence-electron chi connectivity index (χ1n) is 6.27. The van der Waals surface area contributed by atoms with Gasteiger partial charge in [-0.3, -0.25) is 0 Å². The first-order valence-corrected chi connectivity index (χ1v) is 6.27. The Morgan fingerprint density at radius 3 is 2.61 bits per heavy atom. The summed E-state index contributed by atoms with van der Waals surface area (Å²) in [5, 5.41) is 0. The van der Waals surface area contributed by atoms with Crippen LogP contribution in [0.5, 0.6) is 0 Å². The van der Waals surface area contributed by atoms with Crippen LogP contribution < -0.4 is 0 Å². The van der Waals surface area contributed by atoms with Gasteiger partial charge in [0.05, 0.1) is 5.69 Å². The maximum absolute atomic E-state index is 11.3. The predicted octanol–water partition coefficient (Wildman–Crippen LogP) is 3.70. The third-order valence-corrected chi connectivity index (χ3v) is 2.83. The lowest BCUT2D eigenvalue weighted by Gasteiger charge is -2.03. The Morgan fingerprint density at radius 2 is 1.94 bits per heavy atom. The van der Waals surface area contributed by atoms with Crippen molar-refractivity contribution in [2.45, 2.75) is 33.1 Å². The van der Waals surface area contributed by atoms with E-state index in [1.54, 1.807) is 6.08 Å². The third kappa shape index (κ3) is 3.06. The Labute approximate surface area is 107 Å². The molecule has 2 rings (SSSR count). The molecule has 0 saturated carbocycles. The highest BCUT2D eigenvalue weighted by Crippen LogP contribution is 2.21. The van der Waals surface area contributed by atoms with E-state index in [0.717, 1.165) is 30.5 Å². The zero-order valence-corrected chi connectivity index (χ0v) is 10.8. The molecule has 1 aromatic rings. The lowest BCUT2D eigenvalue weighted by Crippen LogP contribution is -2.02. The number of cyclic esters (lactones) is 1. The van der Waals surface area contributed by atoms with Crippen LogP contribution in [-0.4, -0.2) is 11.9 Å². The number of aliphatic imine (C=N–C) groups is 1. The molecule has 1 aromatic carbocycles. The fourth-order valence-corrected chi connectivity index (χ4v) is 1.77. The number of carbonyl (C=O) groups is 1. The van der Waals surface area contributed by atoms with Crippen molar-refractivity contribution >= 4 is 17.6 Å². The Bertz CT molecular complexity index is 498. The molecule has 0 fully saturated rings. The summed E-state index contributed by atoms with van der Waals surface area (Å²) in [6, 6.07) is 7.83. The van der Waals surface area contributed by atoms with Gasteiger partial charge in [0.1, 0.15) is 0 Å². The van der Waals surface area contributed by atoms with Gasteiger partial charge in [0.25, 0.3) is 0 Å². The summed E-state index contributed by atoms with van der Waals surface area (Å²) in [6.07, 6.45) is 4.51. The number of benzene rings is 1. The molecule has 18 heavy (non-hydrogen) atoms. The van der Waals surface area contributed by atoms with E-state index in [4.69, 9.17) is 4.74 Å². The Morgan fingerprint density at radius 1 is 1.22 bits per heavy atom. The molecular formula is C15H17NO2. The zero-order chi connectivity index (χ0) is 13.0. The van der Waals surface area contributed by atoms with Crippen LogP contribution in [0.25, 0.3) is 0 Å². The number of unbranched alkanes of at least 4 members (excludes halogenated alkanes) is 1. The van der Waals surface area contributed by atoms with Gasteiger partial charge in [-0.15, -0.1) is 0 Å². The number of hydrogen-bond donors (Lipinski definition) is 0. The number of aryl methyl sites for hydroxylation is 1. The molecule has 3 heteroatoms. The number of ether oxygens (including phenoxy) is 1. The molecule has 0 radical (unpaired) electrons. The SMILES string of the molecule is CCCCC1=CC(=O)OC1=Nc1ccc(C)cc1. The number of rotatable bonds is 4. The standard InChI is InChI=1S/C15H17NO2/c1-3-4-5-12-10-14(17)18-15(12)16-13-8-6-11(2)7-9-13/h6-10H,3-5H2,1-2H3. The van der Waals surface area contributed by atoms with E-state index >= 15 is 0 Å². The van der Waals surface area contributed by atoms with Gasteiger partial charge in [0.15, 0.2) is 0 Å². The van der Waals surface area contributed by atoms with Crippen molar-refractivity contribution in [3.63, 3.8) is 0 Å². The van der Waals surface area contributed by atoms with E-state index in [9.17, 15) is 4.79 Å². The summed E-state index contributed by atoms with van der Waals surface area (Å²) in [5.41, 5.74) is 2.90. The van der Waals surface area contributed by atoms with Crippen molar-refractivity contribution in [3.05, 3.63) is 41.5 Å². The van der Waals surface area contributed by atoms with Gasteiger partial charge >= 0.3 is 5.97 Å². The number of hydrogen-bond acceptors (Lipinski definition) is 3. The van der Waals surface area contributed by atoms with Crippen molar-refractivity contribution in [2.75, 3.05) is 0 Å². The average Bonchev–Trinajstić information content (AvgIpc) is 2.70. The van der Waals surface area contributed by atoms with E-state index in [2.05, 4.69) is 11.9 Å². The van der Waals surface area contributed by atoms with Gasteiger partial charge in [0, 0.05) is 11.6 Å². The van der Waals surface area contributed by atoms with Gasteiger partial charge in [-0.05, 0) is 31.9 Å². The van der Waals surface area contributed by atoms with Gasteiger partial charge in [-0.25, -0.2) is 9.79 Å². The summed E-state index contributed by atoms with van der Waals surface area (Å²) in [7, 11) is 0. The molecule has 0 bridgehead atoms. The summed E-state index contributed by atoms with van der Waals surface area (Å²) in [5.74, 6) is 0.143. The molecule has 94 valence electrons. The molecule has 0 saturated heterocycles. The number of esters is 1. The summed E-state index contributed by atoms with van der Waals surface area (Å²) in [6.45, 7) is 4.15. The van der Waals surface area contributed by atoms with Crippen molar-refractivity contribution in [1.29, 1.82) is 0 Å². The molecular weight excluding hydrogens is 226 g/mol. The fourth-order valence-electron chi connectivity index (χ4n) is 1.77. The van der Waals surface area contributed by atoms with Crippen LogP contribution in [0.3, 0.4) is 0 Å². The molecule has 1 aliphatic heterocycles. The van der Waals surface area contributed by atoms with E-state index in [1.807, 2.05) is 31.2 Å². The third-order valence-electron chi connectivity index (χ3n) is 2.83. The number of nitrogens with zero attached hydrogens (tertiary/aromatic N) is 1. The Kier molecular flexibility index (Phi) is 3.92. The molecule has 0 atom stereocenters. The van der Waals surface area contributed by atoms with Crippen LogP contribution in [0.1, 0.15) is 31.7 Å². The van der Waals surface area contributed by atoms with E-state index in [1.165, 1.54) is 5.56 Å². The summed E-state index contributed by atoms with van der Waals surface area (Å²) >= 11 is 0. The molecule has 0 amide bonds. The quantitative estimate of drug-likeness (QED) is 0.756. The molecule has 1 aliphatic rings. The van der Waals surface area contributed by atoms with Crippen LogP contribution in [0, 0.1) is 6.92 Å². The average molecular weight is 243 g/mol. The predicted molar refractivity (Wildman–Crippen MR) is 72.0 cm³/mol. The van der Waals surface area contributed by atoms with E-state index in [0.29, 0.717) is 5.90 Å². The molecule has 0 unspecified atom stereocenters. The van der Waals surface area contributed by atoms with Gasteiger partial charge < -0.3 is 4.74 Å². The largest absolute Gasteiger partial charge is 0.404 e. The second kappa shape index (κ2) is 5.63. The number of carbonyl (C=O) groups excluding carboxylic acids is 1. The molecule has 0 spiro atoms. The molecule has 3 nitrogen and oxygen atoms in total. The molecule has 0 aromatic heterocycles. The van der Waals surface area contributed by atoms with E-state index < -0.39 is 0 Å². The maximum Gasteiger partial charge on any atom is 0.337 e. The monoisotopic (exact) mass is 243 g/mol. The minimum absolute atomic E-state index is 0.313. The summed E-state index contributed by atoms with van der Waals surface area (Å²) in [4.78, 5) is 15.7. The minimum Gasteiger partial charge on any atom is -0.404 e. The highest BCUT2D eigenvalue weighted by Gasteiger charge is 2.21. The molecule has 0 aliphatic carbocycles. The fraction of sp³-hybridized carbons (Fsp3) is 0.333. The first-order chi connectivity index (χ1) is 8.69. The normalized spacial score (nSPS) is 16.9. The molecule has 0 N–H and O–H groups in total. The highest BCUT2D eigenvalue weighted by molar-refractivity contribution is 6.12. The molecule has 1 heterocycles. The van der Waals surface area contributed by atoms with Crippen LogP contribution in [0.2, 0.25) is 0 Å². The topological polar surface area (TPSA) is 38.7 Å². The van der Waals surface area contributed by atoms with E-state index in [-0.39, 0.29) is 5.97 Å². The smallest absolute Gasteiger partial charge is 0.337 e. The van der Waals surface area contributed by atoms with Crippen molar-refractivity contribution in [1.82, 2.24) is 0 Å². The highest BCUT2D eigenvalue weighted by atomic mass is 16.5. The van der Waals surface area contributed by atoms with Crippen LogP contribution in [0.15, 0.2) is 40.9 Å².